The minimum Gasteiger partial charge on any atom is -0.497 e. The molecular weight excluding hydrogens is 424 g/mol. The zero-order valence-corrected chi connectivity index (χ0v) is 18.6. The van der Waals surface area contributed by atoms with Crippen LogP contribution < -0.4 is 10.1 Å². The normalized spacial score (nSPS) is 19.7. The number of nitrogens with one attached hydrogen (secondary N) is 1. The Morgan fingerprint density at radius 3 is 2.42 bits per heavy atom. The molecule has 8 heteroatoms. The third-order valence-electron chi connectivity index (χ3n) is 6.04. The van der Waals surface area contributed by atoms with Crippen LogP contribution >= 0.6 is 0 Å². The van der Waals surface area contributed by atoms with Crippen LogP contribution in [0.3, 0.4) is 0 Å². The van der Waals surface area contributed by atoms with Gasteiger partial charge in [-0.3, -0.25) is 10.1 Å². The molecule has 1 fully saturated rings. The van der Waals surface area contributed by atoms with E-state index in [0.29, 0.717) is 30.6 Å². The van der Waals surface area contributed by atoms with Gasteiger partial charge in [-0.25, -0.2) is 9.59 Å². The molecule has 8 nitrogen and oxygen atoms in total. The van der Waals surface area contributed by atoms with Gasteiger partial charge in [0.2, 0.25) is 0 Å². The van der Waals surface area contributed by atoms with Crippen molar-refractivity contribution >= 4 is 23.5 Å². The van der Waals surface area contributed by atoms with Crippen molar-refractivity contribution in [3.8, 4) is 5.75 Å². The summed E-state index contributed by atoms with van der Waals surface area (Å²) >= 11 is 0. The molecule has 1 N–H and O–H groups in total. The molecule has 33 heavy (non-hydrogen) atoms. The van der Waals surface area contributed by atoms with Crippen molar-refractivity contribution in [2.24, 2.45) is 0 Å². The minimum atomic E-state index is -0.736. The monoisotopic (exact) mass is 450 g/mol. The third-order valence-corrected chi connectivity index (χ3v) is 6.04. The topological polar surface area (TPSA) is 94.2 Å². The molecule has 2 amide bonds. The maximum Gasteiger partial charge on any atom is 0.412 e. The highest BCUT2D eigenvalue weighted by Gasteiger charge is 2.46. The lowest BCUT2D eigenvalue weighted by atomic mass is 9.91. The molecule has 0 spiro atoms. The van der Waals surface area contributed by atoms with Gasteiger partial charge in [0, 0.05) is 6.04 Å². The maximum absolute atomic E-state index is 13.5. The van der Waals surface area contributed by atoms with Crippen LogP contribution in [0.1, 0.15) is 30.4 Å². The van der Waals surface area contributed by atoms with Crippen LogP contribution in [0.4, 0.5) is 4.79 Å². The van der Waals surface area contributed by atoms with E-state index in [2.05, 4.69) is 5.32 Å². The summed E-state index contributed by atoms with van der Waals surface area (Å²) in [6, 6.07) is 15.8. The van der Waals surface area contributed by atoms with E-state index < -0.39 is 24.0 Å². The van der Waals surface area contributed by atoms with Crippen LogP contribution in [0.15, 0.2) is 60.3 Å². The fourth-order valence-electron chi connectivity index (χ4n) is 4.40. The SMILES string of the molecule is COC(=O)[C@@H]1CC[C@@H]2CC(c3ccc(OC)cc3)=C(NC(=O)OCc3ccccc3)C(=O)N21. The van der Waals surface area contributed by atoms with E-state index in [1.165, 1.54) is 12.0 Å². The Balaban J connectivity index is 1.62. The average molecular weight is 450 g/mol. The van der Waals surface area contributed by atoms with Gasteiger partial charge in [0.15, 0.2) is 0 Å². The van der Waals surface area contributed by atoms with E-state index in [-0.39, 0.29) is 18.3 Å². The van der Waals surface area contributed by atoms with Gasteiger partial charge in [-0.05, 0) is 48.1 Å². The Kier molecular flexibility index (Phi) is 6.63. The Morgan fingerprint density at radius 2 is 1.76 bits per heavy atom. The molecule has 2 atom stereocenters. The van der Waals surface area contributed by atoms with E-state index in [1.807, 2.05) is 42.5 Å². The standard InChI is InChI=1S/C25H26N2O6/c1-31-19-11-8-17(9-12-19)20-14-18-10-13-21(24(29)32-2)27(18)23(28)22(20)26-25(30)33-15-16-6-4-3-5-7-16/h3-9,11-12,18,21H,10,13-15H2,1-2H3,(H,26,30)/t18-,21+/m1/s1. The number of methoxy groups -OCH3 is 2. The highest BCUT2D eigenvalue weighted by Crippen LogP contribution is 2.39. The first-order valence-corrected chi connectivity index (χ1v) is 10.8. The number of alkyl carbamates (subject to hydrolysis) is 1. The van der Waals surface area contributed by atoms with Crippen molar-refractivity contribution in [1.82, 2.24) is 10.2 Å². The first kappa shape index (κ1) is 22.4. The lowest BCUT2D eigenvalue weighted by Gasteiger charge is -2.35. The summed E-state index contributed by atoms with van der Waals surface area (Å²) in [6.07, 6.45) is 0.960. The number of hydrogen-bond donors (Lipinski definition) is 1. The third kappa shape index (κ3) is 4.69. The fourth-order valence-corrected chi connectivity index (χ4v) is 4.40. The lowest BCUT2D eigenvalue weighted by molar-refractivity contribution is -0.151. The summed E-state index contributed by atoms with van der Waals surface area (Å²) in [5.74, 6) is -0.183. The second kappa shape index (κ2) is 9.77. The smallest absolute Gasteiger partial charge is 0.412 e. The zero-order valence-electron chi connectivity index (χ0n) is 18.6. The lowest BCUT2D eigenvalue weighted by Crippen LogP contribution is -2.51. The fraction of sp³-hybridized carbons (Fsp3) is 0.320. The molecular formula is C25H26N2O6. The second-order valence-electron chi connectivity index (χ2n) is 7.96. The Bertz CT molecular complexity index is 1060. The molecule has 172 valence electrons. The Morgan fingerprint density at radius 1 is 1.03 bits per heavy atom. The van der Waals surface area contributed by atoms with Gasteiger partial charge in [0.1, 0.15) is 24.1 Å². The van der Waals surface area contributed by atoms with E-state index in [4.69, 9.17) is 14.2 Å². The van der Waals surface area contributed by atoms with E-state index in [9.17, 15) is 14.4 Å². The van der Waals surface area contributed by atoms with Gasteiger partial charge in [0.05, 0.1) is 14.2 Å². The highest BCUT2D eigenvalue weighted by molar-refractivity contribution is 6.06. The molecule has 1 saturated heterocycles. The first-order valence-electron chi connectivity index (χ1n) is 10.8. The summed E-state index contributed by atoms with van der Waals surface area (Å²) < 4.78 is 15.5. The molecule has 0 aromatic heterocycles. The van der Waals surface area contributed by atoms with Gasteiger partial charge in [-0.1, -0.05) is 42.5 Å². The van der Waals surface area contributed by atoms with Crippen LogP contribution in [0, 0.1) is 0 Å². The zero-order chi connectivity index (χ0) is 23.4. The Labute approximate surface area is 192 Å². The van der Waals surface area contributed by atoms with Crippen LogP contribution in [0.5, 0.6) is 5.75 Å². The van der Waals surface area contributed by atoms with E-state index in [0.717, 1.165) is 11.1 Å². The molecule has 0 unspecified atom stereocenters. The average Bonchev–Trinajstić information content (AvgIpc) is 3.29. The molecule has 0 radical (unpaired) electrons. The quantitative estimate of drug-likeness (QED) is 0.679. The predicted octanol–water partition coefficient (Wildman–Crippen LogP) is 3.27. The molecule has 0 bridgehead atoms. The van der Waals surface area contributed by atoms with Crippen LogP contribution in [0.25, 0.3) is 5.57 Å². The van der Waals surface area contributed by atoms with Gasteiger partial charge in [0.25, 0.3) is 5.91 Å². The molecule has 4 rings (SSSR count). The van der Waals surface area contributed by atoms with Crippen molar-refractivity contribution < 1.29 is 28.6 Å². The molecule has 0 saturated carbocycles. The first-order chi connectivity index (χ1) is 16.0. The number of nitrogens with zero attached hydrogens (tertiary/aromatic N) is 1. The van der Waals surface area contributed by atoms with Gasteiger partial charge >= 0.3 is 12.1 Å². The number of carbonyl (C=O) groups excluding carboxylic acids is 3. The number of esters is 1. The number of rotatable bonds is 6. The maximum atomic E-state index is 13.5. The van der Waals surface area contributed by atoms with Gasteiger partial charge < -0.3 is 19.1 Å². The van der Waals surface area contributed by atoms with Gasteiger partial charge in [-0.2, -0.15) is 0 Å². The number of fused-ring (bicyclic) bond motifs is 1. The molecule has 0 aliphatic carbocycles. The van der Waals surface area contributed by atoms with Crippen molar-refractivity contribution in [3.05, 3.63) is 71.4 Å². The van der Waals surface area contributed by atoms with Gasteiger partial charge in [-0.15, -0.1) is 0 Å². The summed E-state index contributed by atoms with van der Waals surface area (Å²) in [6.45, 7) is 0.0726. The second-order valence-corrected chi connectivity index (χ2v) is 7.96. The van der Waals surface area contributed by atoms with Crippen LogP contribution in [-0.2, 0) is 25.7 Å². The number of carbonyl (C=O) groups is 3. The largest absolute Gasteiger partial charge is 0.497 e. The number of hydrogen-bond acceptors (Lipinski definition) is 6. The van der Waals surface area contributed by atoms with Crippen molar-refractivity contribution in [1.29, 1.82) is 0 Å². The van der Waals surface area contributed by atoms with Crippen molar-refractivity contribution in [2.75, 3.05) is 14.2 Å². The van der Waals surface area contributed by atoms with Crippen LogP contribution in [-0.4, -0.2) is 49.2 Å². The number of ether oxygens (including phenoxy) is 3. The highest BCUT2D eigenvalue weighted by atomic mass is 16.5. The molecule has 2 aliphatic rings. The molecule has 2 aliphatic heterocycles. The minimum absolute atomic E-state index is 0.0726. The summed E-state index contributed by atoms with van der Waals surface area (Å²) in [4.78, 5) is 39.9. The number of benzene rings is 2. The van der Waals surface area contributed by atoms with Crippen LogP contribution in [0.2, 0.25) is 0 Å². The van der Waals surface area contributed by atoms with Crippen molar-refractivity contribution in [2.45, 2.75) is 38.0 Å². The van der Waals surface area contributed by atoms with E-state index in [1.54, 1.807) is 19.2 Å². The summed E-state index contributed by atoms with van der Waals surface area (Å²) in [5, 5.41) is 2.65. The molecule has 2 aromatic carbocycles. The molecule has 2 aromatic rings. The van der Waals surface area contributed by atoms with Crippen molar-refractivity contribution in [3.63, 3.8) is 0 Å². The Hall–Kier alpha value is -3.81. The summed E-state index contributed by atoms with van der Waals surface area (Å²) in [5.41, 5.74) is 2.44. The number of amides is 2. The molecule has 2 heterocycles. The predicted molar refractivity (Wildman–Crippen MR) is 120 cm³/mol. The van der Waals surface area contributed by atoms with E-state index >= 15 is 0 Å². The summed E-state index contributed by atoms with van der Waals surface area (Å²) in [7, 11) is 2.89.